The molecule has 0 fully saturated rings. The van der Waals surface area contributed by atoms with Crippen LogP contribution in [0, 0.1) is 13.8 Å². The molecule has 184 valence electrons. The van der Waals surface area contributed by atoms with E-state index in [9.17, 15) is 9.90 Å². The van der Waals surface area contributed by atoms with Crippen LogP contribution in [-0.2, 0) is 6.42 Å². The van der Waals surface area contributed by atoms with Gasteiger partial charge in [0.25, 0.3) is 0 Å². The molecule has 5 nitrogen and oxygen atoms in total. The smallest absolute Gasteiger partial charge is 0.323 e. The van der Waals surface area contributed by atoms with Crippen LogP contribution in [0.4, 0.5) is 16.2 Å². The fraction of sp³-hybridized carbons (Fsp3) is 0.194. The molecule has 4 aromatic carbocycles. The number of nitrogens with one attached hydrogen (secondary N) is 2. The number of carbonyl (C=O) groups excluding carboxylic acids is 1. The first kappa shape index (κ1) is 24.9. The maximum Gasteiger partial charge on any atom is 0.323 e. The second-order valence-corrected chi connectivity index (χ2v) is 9.32. The molecule has 0 atom stereocenters. The zero-order valence-electron chi connectivity index (χ0n) is 21.1. The molecular formula is C31H32N2O3. The molecule has 2 amide bonds. The summed E-state index contributed by atoms with van der Waals surface area (Å²) in [5.74, 6) is 1.84. The van der Waals surface area contributed by atoms with Crippen LogP contribution < -0.4 is 15.4 Å². The fourth-order valence-corrected chi connectivity index (χ4v) is 4.26. The molecule has 0 aromatic heterocycles. The third kappa shape index (κ3) is 6.05. The van der Waals surface area contributed by atoms with E-state index in [1.54, 1.807) is 12.1 Å². The van der Waals surface area contributed by atoms with E-state index in [0.29, 0.717) is 11.4 Å². The van der Waals surface area contributed by atoms with Gasteiger partial charge in [-0.05, 0) is 84.8 Å². The second-order valence-electron chi connectivity index (χ2n) is 9.32. The van der Waals surface area contributed by atoms with Crippen molar-refractivity contribution < 1.29 is 14.6 Å². The summed E-state index contributed by atoms with van der Waals surface area (Å²) in [5, 5.41) is 16.0. The first-order valence-corrected chi connectivity index (χ1v) is 12.1. The Morgan fingerprint density at radius 1 is 0.861 bits per heavy atom. The van der Waals surface area contributed by atoms with Crippen LogP contribution >= 0.6 is 0 Å². The summed E-state index contributed by atoms with van der Waals surface area (Å²) in [6.45, 7) is 7.95. The van der Waals surface area contributed by atoms with Crippen LogP contribution in [0.1, 0.15) is 47.6 Å². The lowest BCUT2D eigenvalue weighted by atomic mass is 10.0. The van der Waals surface area contributed by atoms with Crippen LogP contribution in [0.5, 0.6) is 17.2 Å². The molecule has 4 aromatic rings. The highest BCUT2D eigenvalue weighted by molar-refractivity contribution is 6.00. The summed E-state index contributed by atoms with van der Waals surface area (Å²) < 4.78 is 6.17. The molecule has 0 saturated carbocycles. The summed E-state index contributed by atoms with van der Waals surface area (Å²) in [7, 11) is 0. The highest BCUT2D eigenvalue weighted by Gasteiger charge is 2.13. The lowest BCUT2D eigenvalue weighted by Gasteiger charge is -2.17. The van der Waals surface area contributed by atoms with Crippen molar-refractivity contribution in [3.63, 3.8) is 0 Å². The van der Waals surface area contributed by atoms with E-state index in [2.05, 4.69) is 22.8 Å². The standard InChI is InChI=1S/C31H32N2O3/c1-20(2)27-19-26(14-15-29(27)34)36-30-21(3)16-25(17-22(30)4)32-31(35)33-28-13-9-8-12-24(28)18-23-10-6-5-7-11-23/h5-17,19-20,34H,18H2,1-4H3,(H2,32,33,35). The van der Waals surface area contributed by atoms with Crippen molar-refractivity contribution in [2.24, 2.45) is 0 Å². The van der Waals surface area contributed by atoms with E-state index in [0.717, 1.165) is 40.1 Å². The van der Waals surface area contributed by atoms with Gasteiger partial charge < -0.3 is 20.5 Å². The van der Waals surface area contributed by atoms with E-state index in [1.165, 1.54) is 5.56 Å². The van der Waals surface area contributed by atoms with Crippen molar-refractivity contribution in [1.29, 1.82) is 0 Å². The van der Waals surface area contributed by atoms with Gasteiger partial charge in [0.1, 0.15) is 17.2 Å². The van der Waals surface area contributed by atoms with Crippen molar-refractivity contribution in [2.45, 2.75) is 40.0 Å². The van der Waals surface area contributed by atoms with Crippen molar-refractivity contribution in [3.8, 4) is 17.2 Å². The van der Waals surface area contributed by atoms with Crippen LogP contribution in [0.2, 0.25) is 0 Å². The fourth-order valence-electron chi connectivity index (χ4n) is 4.26. The highest BCUT2D eigenvalue weighted by Crippen LogP contribution is 2.35. The monoisotopic (exact) mass is 480 g/mol. The molecule has 0 saturated heterocycles. The molecule has 5 heteroatoms. The average molecular weight is 481 g/mol. The second kappa shape index (κ2) is 11.0. The van der Waals surface area contributed by atoms with E-state index in [-0.39, 0.29) is 17.7 Å². The molecule has 36 heavy (non-hydrogen) atoms. The molecule has 0 bridgehead atoms. The average Bonchev–Trinajstić information content (AvgIpc) is 2.84. The number of hydrogen-bond donors (Lipinski definition) is 3. The summed E-state index contributed by atoms with van der Waals surface area (Å²) in [6, 6.07) is 26.8. The minimum Gasteiger partial charge on any atom is -0.508 e. The van der Waals surface area contributed by atoms with Gasteiger partial charge in [-0.15, -0.1) is 0 Å². The zero-order valence-corrected chi connectivity index (χ0v) is 21.1. The molecule has 4 rings (SSSR count). The molecular weight excluding hydrogens is 448 g/mol. The maximum absolute atomic E-state index is 12.8. The first-order valence-electron chi connectivity index (χ1n) is 12.1. The number of ether oxygens (including phenoxy) is 1. The summed E-state index contributed by atoms with van der Waals surface area (Å²) in [4.78, 5) is 12.8. The number of amides is 2. The molecule has 0 aliphatic carbocycles. The molecule has 3 N–H and O–H groups in total. The Morgan fingerprint density at radius 3 is 2.22 bits per heavy atom. The third-order valence-corrected chi connectivity index (χ3v) is 6.06. The molecule has 0 aliphatic rings. The van der Waals surface area contributed by atoms with Crippen molar-refractivity contribution >= 4 is 17.4 Å². The Kier molecular flexibility index (Phi) is 7.59. The third-order valence-electron chi connectivity index (χ3n) is 6.06. The lowest BCUT2D eigenvalue weighted by molar-refractivity contribution is 0.262. The lowest BCUT2D eigenvalue weighted by Crippen LogP contribution is -2.20. The van der Waals surface area contributed by atoms with Gasteiger partial charge in [-0.2, -0.15) is 0 Å². The van der Waals surface area contributed by atoms with Crippen LogP contribution in [0.15, 0.2) is 84.9 Å². The molecule has 0 heterocycles. The van der Waals surface area contributed by atoms with Gasteiger partial charge in [-0.25, -0.2) is 4.79 Å². The van der Waals surface area contributed by atoms with Gasteiger partial charge in [-0.1, -0.05) is 62.4 Å². The summed E-state index contributed by atoms with van der Waals surface area (Å²) >= 11 is 0. The van der Waals surface area contributed by atoms with Gasteiger partial charge in [0.2, 0.25) is 0 Å². The van der Waals surface area contributed by atoms with Gasteiger partial charge >= 0.3 is 6.03 Å². The Morgan fingerprint density at radius 2 is 1.53 bits per heavy atom. The first-order chi connectivity index (χ1) is 17.3. The number of benzene rings is 4. The number of phenolic OH excluding ortho intramolecular Hbond substituents is 1. The topological polar surface area (TPSA) is 70.6 Å². The maximum atomic E-state index is 12.8. The van der Waals surface area contributed by atoms with Crippen LogP contribution in [-0.4, -0.2) is 11.1 Å². The largest absolute Gasteiger partial charge is 0.508 e. The number of aromatic hydroxyl groups is 1. The van der Waals surface area contributed by atoms with Gasteiger partial charge in [0.15, 0.2) is 0 Å². The Labute approximate surface area is 212 Å². The highest BCUT2D eigenvalue weighted by atomic mass is 16.5. The van der Waals surface area contributed by atoms with Crippen LogP contribution in [0.3, 0.4) is 0 Å². The number of aryl methyl sites for hydroxylation is 2. The molecule has 0 unspecified atom stereocenters. The summed E-state index contributed by atoms with van der Waals surface area (Å²) in [6.07, 6.45) is 0.733. The normalized spacial score (nSPS) is 10.8. The molecule has 0 spiro atoms. The van der Waals surface area contributed by atoms with Gasteiger partial charge in [-0.3, -0.25) is 0 Å². The molecule has 0 radical (unpaired) electrons. The van der Waals surface area contributed by atoms with E-state index >= 15 is 0 Å². The Hall–Kier alpha value is -4.25. The van der Waals surface area contributed by atoms with Crippen molar-refractivity contribution in [2.75, 3.05) is 10.6 Å². The van der Waals surface area contributed by atoms with Gasteiger partial charge in [0.05, 0.1) is 0 Å². The quantitative estimate of drug-likeness (QED) is 0.250. The minimum atomic E-state index is -0.303. The van der Waals surface area contributed by atoms with E-state index in [4.69, 9.17) is 4.74 Å². The SMILES string of the molecule is Cc1cc(NC(=O)Nc2ccccc2Cc2ccccc2)cc(C)c1Oc1ccc(O)c(C(C)C)c1. The number of phenols is 1. The van der Waals surface area contributed by atoms with E-state index in [1.807, 2.05) is 88.4 Å². The van der Waals surface area contributed by atoms with Crippen LogP contribution in [0.25, 0.3) is 0 Å². The Bertz CT molecular complexity index is 1340. The predicted octanol–water partition coefficient (Wildman–Crippen LogP) is 8.16. The van der Waals surface area contributed by atoms with Crippen molar-refractivity contribution in [1.82, 2.24) is 0 Å². The molecule has 0 aliphatic heterocycles. The predicted molar refractivity (Wildman–Crippen MR) is 147 cm³/mol. The van der Waals surface area contributed by atoms with Gasteiger partial charge in [0, 0.05) is 16.9 Å². The number of urea groups is 1. The number of rotatable bonds is 7. The Balaban J connectivity index is 1.47. The number of carbonyl (C=O) groups is 1. The number of anilines is 2. The minimum absolute atomic E-state index is 0.179. The van der Waals surface area contributed by atoms with Crippen molar-refractivity contribution in [3.05, 3.63) is 113 Å². The summed E-state index contributed by atoms with van der Waals surface area (Å²) in [5.41, 5.74) is 6.32. The number of hydrogen-bond acceptors (Lipinski definition) is 3. The zero-order chi connectivity index (χ0) is 25.7. The van der Waals surface area contributed by atoms with E-state index < -0.39 is 0 Å². The number of para-hydroxylation sites is 1.